The second-order valence-electron chi connectivity index (χ2n) is 5.92. The number of hydrogen-bond acceptors (Lipinski definition) is 4. The predicted molar refractivity (Wildman–Crippen MR) is 101 cm³/mol. The number of guanidine groups is 1. The fourth-order valence-electron chi connectivity index (χ4n) is 2.59. The van der Waals surface area contributed by atoms with Crippen molar-refractivity contribution in [2.75, 3.05) is 44.2 Å². The lowest BCUT2D eigenvalue weighted by molar-refractivity contribution is 0.445. The number of nitrogens with zero attached hydrogens (tertiary/aromatic N) is 2. The Morgan fingerprint density at radius 3 is 2.48 bits per heavy atom. The predicted octanol–water partition coefficient (Wildman–Crippen LogP) is 1.50. The summed E-state index contributed by atoms with van der Waals surface area (Å²) in [7, 11) is -3.19. The summed E-state index contributed by atoms with van der Waals surface area (Å²) in [6.07, 6.45) is 2.44. The fourth-order valence-corrected chi connectivity index (χ4v) is 5.23. The summed E-state index contributed by atoms with van der Waals surface area (Å²) >= 11 is 1.98. The summed E-state index contributed by atoms with van der Waals surface area (Å²) in [5.41, 5.74) is 0. The molecule has 0 bridgehead atoms. The highest BCUT2D eigenvalue weighted by Gasteiger charge is 2.29. The Kier molecular flexibility index (Phi) is 8.71. The number of hydrogen-bond donors (Lipinski definition) is 2. The monoisotopic (exact) mass is 364 g/mol. The van der Waals surface area contributed by atoms with E-state index >= 15 is 0 Å². The Morgan fingerprint density at radius 1 is 1.26 bits per heavy atom. The van der Waals surface area contributed by atoms with Crippen molar-refractivity contribution in [3.05, 3.63) is 0 Å². The molecular formula is C15H32N4O2S2. The molecule has 1 rings (SSSR count). The van der Waals surface area contributed by atoms with Gasteiger partial charge in [-0.25, -0.2) is 12.7 Å². The number of nitrogens with one attached hydrogen (secondary N) is 2. The highest BCUT2D eigenvalue weighted by Crippen LogP contribution is 2.37. The molecule has 1 aliphatic rings. The van der Waals surface area contributed by atoms with Gasteiger partial charge in [0.2, 0.25) is 10.0 Å². The highest BCUT2D eigenvalue weighted by atomic mass is 32.2. The van der Waals surface area contributed by atoms with E-state index in [4.69, 9.17) is 0 Å². The first-order chi connectivity index (χ1) is 10.9. The molecule has 0 aromatic rings. The molecule has 2 N–H and O–H groups in total. The van der Waals surface area contributed by atoms with Crippen molar-refractivity contribution in [2.45, 2.75) is 45.3 Å². The minimum absolute atomic E-state index is 0.0884. The van der Waals surface area contributed by atoms with Crippen LogP contribution in [-0.2, 0) is 10.0 Å². The van der Waals surface area contributed by atoms with Gasteiger partial charge in [0.05, 0.1) is 12.3 Å². The standard InChI is InChI=1S/C15H32N4O2S2/c1-5-16-14(18-13-15(4)9-8-11-22-15)17-10-12-23(20,21)19(6-2)7-3/h5-13H2,1-4H3,(H2,16,17,18). The Hall–Kier alpha value is -0.470. The molecule has 1 unspecified atom stereocenters. The largest absolute Gasteiger partial charge is 0.357 e. The fraction of sp³-hybridized carbons (Fsp3) is 0.933. The van der Waals surface area contributed by atoms with Crippen molar-refractivity contribution < 1.29 is 8.42 Å². The first-order valence-corrected chi connectivity index (χ1v) is 11.1. The molecule has 0 amide bonds. The molecule has 0 aliphatic carbocycles. The van der Waals surface area contributed by atoms with Gasteiger partial charge in [-0.05, 0) is 32.4 Å². The molecule has 136 valence electrons. The van der Waals surface area contributed by atoms with Crippen LogP contribution in [0.15, 0.2) is 4.99 Å². The molecule has 8 heteroatoms. The van der Waals surface area contributed by atoms with Crippen LogP contribution in [0.2, 0.25) is 0 Å². The van der Waals surface area contributed by atoms with E-state index in [2.05, 4.69) is 22.5 Å². The molecule has 0 aromatic heterocycles. The van der Waals surface area contributed by atoms with Crippen LogP contribution in [-0.4, -0.2) is 67.7 Å². The smallest absolute Gasteiger partial charge is 0.215 e. The topological polar surface area (TPSA) is 73.8 Å². The van der Waals surface area contributed by atoms with Crippen LogP contribution < -0.4 is 10.6 Å². The van der Waals surface area contributed by atoms with Gasteiger partial charge in [-0.15, -0.1) is 0 Å². The zero-order valence-electron chi connectivity index (χ0n) is 14.9. The summed E-state index contributed by atoms with van der Waals surface area (Å²) in [6.45, 7) is 10.9. The van der Waals surface area contributed by atoms with Crippen LogP contribution in [0.4, 0.5) is 0 Å². The van der Waals surface area contributed by atoms with Crippen molar-refractivity contribution in [3.63, 3.8) is 0 Å². The average molecular weight is 365 g/mol. The van der Waals surface area contributed by atoms with Crippen molar-refractivity contribution in [1.82, 2.24) is 14.9 Å². The second kappa shape index (κ2) is 9.74. The first kappa shape index (κ1) is 20.6. The number of thioether (sulfide) groups is 1. The summed E-state index contributed by atoms with van der Waals surface area (Å²) < 4.78 is 26.1. The van der Waals surface area contributed by atoms with E-state index in [1.807, 2.05) is 32.5 Å². The maximum atomic E-state index is 12.2. The van der Waals surface area contributed by atoms with Gasteiger partial charge in [0.15, 0.2) is 5.96 Å². The van der Waals surface area contributed by atoms with Crippen LogP contribution in [0, 0.1) is 0 Å². The van der Waals surface area contributed by atoms with E-state index in [-0.39, 0.29) is 10.5 Å². The van der Waals surface area contributed by atoms with Crippen LogP contribution >= 0.6 is 11.8 Å². The molecule has 0 saturated carbocycles. The van der Waals surface area contributed by atoms with E-state index < -0.39 is 10.0 Å². The Bertz CT molecular complexity index is 470. The van der Waals surface area contributed by atoms with Crippen molar-refractivity contribution in [1.29, 1.82) is 0 Å². The molecule has 1 aliphatic heterocycles. The lowest BCUT2D eigenvalue weighted by atomic mass is 10.1. The highest BCUT2D eigenvalue weighted by molar-refractivity contribution is 8.00. The second-order valence-corrected chi connectivity index (χ2v) is 9.70. The molecule has 0 radical (unpaired) electrons. The molecule has 1 fully saturated rings. The molecule has 0 aromatic carbocycles. The van der Waals surface area contributed by atoms with Gasteiger partial charge in [0.25, 0.3) is 0 Å². The normalized spacial score (nSPS) is 22.6. The van der Waals surface area contributed by atoms with E-state index in [0.29, 0.717) is 25.6 Å². The maximum absolute atomic E-state index is 12.2. The van der Waals surface area contributed by atoms with Gasteiger partial charge in [-0.1, -0.05) is 13.8 Å². The summed E-state index contributed by atoms with van der Waals surface area (Å²) in [4.78, 5) is 4.64. The van der Waals surface area contributed by atoms with E-state index in [0.717, 1.165) is 13.1 Å². The molecule has 6 nitrogen and oxygen atoms in total. The van der Waals surface area contributed by atoms with E-state index in [9.17, 15) is 8.42 Å². The van der Waals surface area contributed by atoms with Gasteiger partial charge in [0.1, 0.15) is 0 Å². The van der Waals surface area contributed by atoms with Crippen LogP contribution in [0.3, 0.4) is 0 Å². The van der Waals surface area contributed by atoms with Gasteiger partial charge < -0.3 is 10.6 Å². The van der Waals surface area contributed by atoms with E-state index in [1.54, 1.807) is 0 Å². The van der Waals surface area contributed by atoms with Crippen molar-refractivity contribution in [2.24, 2.45) is 4.99 Å². The van der Waals surface area contributed by atoms with Crippen molar-refractivity contribution >= 4 is 27.7 Å². The summed E-state index contributed by atoms with van der Waals surface area (Å²) in [6, 6.07) is 0. The average Bonchev–Trinajstić information content (AvgIpc) is 2.93. The lowest BCUT2D eigenvalue weighted by Crippen LogP contribution is -2.42. The quantitative estimate of drug-likeness (QED) is 0.479. The van der Waals surface area contributed by atoms with Crippen LogP contribution in [0.1, 0.15) is 40.5 Å². The van der Waals surface area contributed by atoms with Gasteiger partial charge in [-0.2, -0.15) is 11.8 Å². The minimum atomic E-state index is -3.19. The van der Waals surface area contributed by atoms with E-state index in [1.165, 1.54) is 22.9 Å². The molecule has 23 heavy (non-hydrogen) atoms. The third-order valence-electron chi connectivity index (χ3n) is 3.97. The molecule has 1 saturated heterocycles. The number of rotatable bonds is 9. The summed E-state index contributed by atoms with van der Waals surface area (Å²) in [5.74, 6) is 2.00. The SMILES string of the molecule is CCNC(=NCC1(C)CCCS1)NCCS(=O)(=O)N(CC)CC. The Balaban J connectivity index is 2.53. The number of sulfonamides is 1. The third kappa shape index (κ3) is 6.89. The van der Waals surface area contributed by atoms with Gasteiger partial charge >= 0.3 is 0 Å². The Labute approximate surface area is 145 Å². The molecule has 0 spiro atoms. The third-order valence-corrected chi connectivity index (χ3v) is 7.51. The zero-order chi connectivity index (χ0) is 17.3. The van der Waals surface area contributed by atoms with Crippen LogP contribution in [0.25, 0.3) is 0 Å². The zero-order valence-corrected chi connectivity index (χ0v) is 16.5. The van der Waals surface area contributed by atoms with Crippen molar-refractivity contribution in [3.8, 4) is 0 Å². The Morgan fingerprint density at radius 2 is 1.96 bits per heavy atom. The maximum Gasteiger partial charge on any atom is 0.215 e. The number of aliphatic imine (C=N–C) groups is 1. The lowest BCUT2D eigenvalue weighted by Gasteiger charge is -2.21. The first-order valence-electron chi connectivity index (χ1n) is 8.51. The summed E-state index contributed by atoms with van der Waals surface area (Å²) in [5, 5.41) is 6.33. The van der Waals surface area contributed by atoms with Gasteiger partial charge in [-0.3, -0.25) is 4.99 Å². The molecule has 1 heterocycles. The minimum Gasteiger partial charge on any atom is -0.357 e. The molecule has 1 atom stereocenters. The van der Waals surface area contributed by atoms with Gasteiger partial charge in [0, 0.05) is 30.9 Å². The molecular weight excluding hydrogens is 332 g/mol. The van der Waals surface area contributed by atoms with Crippen LogP contribution in [0.5, 0.6) is 0 Å².